The standard InChI is InChI=1S/C25H24N4O2/c30-24-25(31)29(22-15-20(16-22)18-7-3-1-4-8-18)14-13-28(24)17-21-11-12-23(27-26-21)19-9-5-2-6-10-19/h1-12,20,22H,13-17H2/t20-,22+. The first-order valence-corrected chi connectivity index (χ1v) is 10.7. The number of nitrogens with zero attached hydrogens (tertiary/aromatic N) is 4. The number of carbonyl (C=O) groups is 2. The average Bonchev–Trinajstić information content (AvgIpc) is 2.79. The predicted octanol–water partition coefficient (Wildman–Crippen LogP) is 3.26. The molecule has 1 aromatic heterocycles. The third kappa shape index (κ3) is 3.93. The van der Waals surface area contributed by atoms with E-state index in [1.165, 1.54) is 5.56 Å². The smallest absolute Gasteiger partial charge is 0.312 e. The molecule has 0 unspecified atom stereocenters. The molecule has 0 atom stereocenters. The van der Waals surface area contributed by atoms with Gasteiger partial charge >= 0.3 is 11.8 Å². The lowest BCUT2D eigenvalue weighted by molar-refractivity contribution is -0.159. The molecule has 2 fully saturated rings. The van der Waals surface area contributed by atoms with Crippen LogP contribution in [0.15, 0.2) is 72.8 Å². The molecular weight excluding hydrogens is 388 g/mol. The fraction of sp³-hybridized carbons (Fsp3) is 0.280. The maximum absolute atomic E-state index is 12.7. The summed E-state index contributed by atoms with van der Waals surface area (Å²) in [4.78, 5) is 28.8. The quantitative estimate of drug-likeness (QED) is 0.604. The Morgan fingerprint density at radius 1 is 0.774 bits per heavy atom. The van der Waals surface area contributed by atoms with Gasteiger partial charge in [0.15, 0.2) is 0 Å². The van der Waals surface area contributed by atoms with Crippen LogP contribution in [0.25, 0.3) is 11.3 Å². The van der Waals surface area contributed by atoms with Gasteiger partial charge in [-0.1, -0.05) is 60.7 Å². The molecule has 1 saturated carbocycles. The highest BCUT2D eigenvalue weighted by Crippen LogP contribution is 2.40. The first-order valence-electron chi connectivity index (χ1n) is 10.7. The molecule has 156 valence electrons. The molecule has 2 heterocycles. The van der Waals surface area contributed by atoms with Gasteiger partial charge in [-0.3, -0.25) is 9.59 Å². The molecule has 2 aromatic carbocycles. The summed E-state index contributed by atoms with van der Waals surface area (Å²) in [6.45, 7) is 1.41. The number of aromatic nitrogens is 2. The molecule has 0 N–H and O–H groups in total. The maximum Gasteiger partial charge on any atom is 0.312 e. The molecule has 1 aliphatic heterocycles. The highest BCUT2D eigenvalue weighted by molar-refractivity contribution is 6.35. The molecular formula is C25H24N4O2. The molecule has 0 spiro atoms. The lowest BCUT2D eigenvalue weighted by atomic mass is 9.75. The van der Waals surface area contributed by atoms with E-state index in [1.807, 2.05) is 60.7 Å². The minimum absolute atomic E-state index is 0.161. The summed E-state index contributed by atoms with van der Waals surface area (Å²) in [5.74, 6) is -0.356. The van der Waals surface area contributed by atoms with Gasteiger partial charge in [-0.15, -0.1) is 0 Å². The number of rotatable bonds is 5. The Hall–Kier alpha value is -3.54. The Bertz CT molecular complexity index is 1060. The largest absolute Gasteiger partial charge is 0.330 e. The second-order valence-electron chi connectivity index (χ2n) is 8.23. The van der Waals surface area contributed by atoms with Crippen molar-refractivity contribution < 1.29 is 9.59 Å². The van der Waals surface area contributed by atoms with Crippen LogP contribution in [0.2, 0.25) is 0 Å². The van der Waals surface area contributed by atoms with Gasteiger partial charge in [0.2, 0.25) is 0 Å². The summed E-state index contributed by atoms with van der Waals surface area (Å²) in [7, 11) is 0. The molecule has 1 aliphatic carbocycles. The third-order valence-corrected chi connectivity index (χ3v) is 6.31. The van der Waals surface area contributed by atoms with Crippen molar-refractivity contribution in [3.8, 4) is 11.3 Å². The molecule has 0 radical (unpaired) electrons. The van der Waals surface area contributed by atoms with Gasteiger partial charge in [0.05, 0.1) is 17.9 Å². The van der Waals surface area contributed by atoms with Crippen molar-refractivity contribution in [3.63, 3.8) is 0 Å². The average molecular weight is 412 g/mol. The van der Waals surface area contributed by atoms with Crippen LogP contribution in [0.5, 0.6) is 0 Å². The Kier molecular flexibility index (Phi) is 5.20. The fourth-order valence-electron chi connectivity index (χ4n) is 4.43. The summed E-state index contributed by atoms with van der Waals surface area (Å²) in [5.41, 5.74) is 3.78. The van der Waals surface area contributed by atoms with E-state index in [-0.39, 0.29) is 6.04 Å². The zero-order valence-electron chi connectivity index (χ0n) is 17.2. The minimum Gasteiger partial charge on any atom is -0.330 e. The van der Waals surface area contributed by atoms with E-state index < -0.39 is 11.8 Å². The van der Waals surface area contributed by atoms with Gasteiger partial charge in [0.1, 0.15) is 0 Å². The summed E-state index contributed by atoms with van der Waals surface area (Å²) in [5, 5.41) is 8.54. The van der Waals surface area contributed by atoms with Crippen LogP contribution in [0.3, 0.4) is 0 Å². The van der Waals surface area contributed by atoms with Crippen LogP contribution >= 0.6 is 0 Å². The van der Waals surface area contributed by atoms with Crippen LogP contribution in [0.1, 0.15) is 30.0 Å². The molecule has 2 amide bonds. The molecule has 31 heavy (non-hydrogen) atoms. The zero-order valence-corrected chi connectivity index (χ0v) is 17.2. The number of piperazine rings is 1. The summed E-state index contributed by atoms with van der Waals surface area (Å²) in [6.07, 6.45) is 1.85. The van der Waals surface area contributed by atoms with Crippen LogP contribution in [0.4, 0.5) is 0 Å². The lowest BCUT2D eigenvalue weighted by Gasteiger charge is -2.45. The number of benzene rings is 2. The number of hydrogen-bond acceptors (Lipinski definition) is 4. The van der Waals surface area contributed by atoms with Crippen molar-refractivity contribution in [2.75, 3.05) is 13.1 Å². The van der Waals surface area contributed by atoms with E-state index in [2.05, 4.69) is 22.3 Å². The molecule has 5 rings (SSSR count). The van der Waals surface area contributed by atoms with Crippen LogP contribution < -0.4 is 0 Å². The van der Waals surface area contributed by atoms with E-state index in [9.17, 15) is 9.59 Å². The van der Waals surface area contributed by atoms with Crippen molar-refractivity contribution in [1.82, 2.24) is 20.0 Å². The van der Waals surface area contributed by atoms with E-state index in [0.29, 0.717) is 31.2 Å². The maximum atomic E-state index is 12.7. The van der Waals surface area contributed by atoms with Gasteiger partial charge in [-0.2, -0.15) is 10.2 Å². The lowest BCUT2D eigenvalue weighted by Crippen LogP contribution is -2.59. The molecule has 2 aliphatic rings. The Morgan fingerprint density at radius 2 is 1.48 bits per heavy atom. The van der Waals surface area contributed by atoms with E-state index in [0.717, 1.165) is 24.1 Å². The van der Waals surface area contributed by atoms with Crippen molar-refractivity contribution in [2.45, 2.75) is 31.3 Å². The molecule has 3 aromatic rings. The number of carbonyl (C=O) groups excluding carboxylic acids is 2. The third-order valence-electron chi connectivity index (χ3n) is 6.31. The normalized spacial score (nSPS) is 21.2. The highest BCUT2D eigenvalue weighted by Gasteiger charge is 2.42. The number of hydrogen-bond donors (Lipinski definition) is 0. The van der Waals surface area contributed by atoms with Crippen molar-refractivity contribution in [3.05, 3.63) is 84.1 Å². The zero-order chi connectivity index (χ0) is 21.2. The number of amides is 2. The monoisotopic (exact) mass is 412 g/mol. The molecule has 0 bridgehead atoms. The van der Waals surface area contributed by atoms with Crippen LogP contribution in [-0.2, 0) is 16.1 Å². The van der Waals surface area contributed by atoms with Gasteiger partial charge in [-0.25, -0.2) is 0 Å². The van der Waals surface area contributed by atoms with Gasteiger partial charge in [0.25, 0.3) is 0 Å². The SMILES string of the molecule is O=C1C(=O)N([C@H]2C[C@@H](c3ccccc3)C2)CCN1Cc1ccc(-c2ccccc2)nn1. The summed E-state index contributed by atoms with van der Waals surface area (Å²) < 4.78 is 0. The second kappa shape index (κ2) is 8.30. The first kappa shape index (κ1) is 19.4. The van der Waals surface area contributed by atoms with Crippen molar-refractivity contribution in [2.24, 2.45) is 0 Å². The van der Waals surface area contributed by atoms with Crippen LogP contribution in [-0.4, -0.2) is 50.9 Å². The fourth-order valence-corrected chi connectivity index (χ4v) is 4.43. The summed E-state index contributed by atoms with van der Waals surface area (Å²) in [6, 6.07) is 24.1. The topological polar surface area (TPSA) is 66.4 Å². The highest BCUT2D eigenvalue weighted by atomic mass is 16.2. The van der Waals surface area contributed by atoms with Crippen LogP contribution in [0, 0.1) is 0 Å². The predicted molar refractivity (Wildman–Crippen MR) is 117 cm³/mol. The summed E-state index contributed by atoms with van der Waals surface area (Å²) >= 11 is 0. The van der Waals surface area contributed by atoms with E-state index >= 15 is 0 Å². The minimum atomic E-state index is -0.441. The van der Waals surface area contributed by atoms with Gasteiger partial charge in [-0.05, 0) is 36.5 Å². The molecule has 6 heteroatoms. The molecule has 6 nitrogen and oxygen atoms in total. The van der Waals surface area contributed by atoms with E-state index in [4.69, 9.17) is 0 Å². The Labute approximate surface area is 181 Å². The Morgan fingerprint density at radius 3 is 2.16 bits per heavy atom. The van der Waals surface area contributed by atoms with Crippen molar-refractivity contribution >= 4 is 11.8 Å². The van der Waals surface area contributed by atoms with E-state index in [1.54, 1.807) is 9.80 Å². The second-order valence-corrected chi connectivity index (χ2v) is 8.23. The Balaban J connectivity index is 1.18. The van der Waals surface area contributed by atoms with Gasteiger partial charge in [0, 0.05) is 24.7 Å². The molecule has 1 saturated heterocycles. The van der Waals surface area contributed by atoms with Crippen molar-refractivity contribution in [1.29, 1.82) is 0 Å². The van der Waals surface area contributed by atoms with Gasteiger partial charge < -0.3 is 9.80 Å². The first-order chi connectivity index (χ1) is 15.2.